The van der Waals surface area contributed by atoms with Crippen molar-refractivity contribution in [2.24, 2.45) is 17.8 Å². The van der Waals surface area contributed by atoms with Crippen LogP contribution in [0.2, 0.25) is 0 Å². The molecule has 0 bridgehead atoms. The molecule has 3 aromatic heterocycles. The topological polar surface area (TPSA) is 89.1 Å². The summed E-state index contributed by atoms with van der Waals surface area (Å²) in [6, 6.07) is 3.62. The molecule has 8 nitrogen and oxygen atoms in total. The van der Waals surface area contributed by atoms with Gasteiger partial charge in [0.05, 0.1) is 11.7 Å². The van der Waals surface area contributed by atoms with E-state index >= 15 is 0 Å². The van der Waals surface area contributed by atoms with Gasteiger partial charge in [0, 0.05) is 31.5 Å². The van der Waals surface area contributed by atoms with Crippen molar-refractivity contribution >= 4 is 17.4 Å². The zero-order chi connectivity index (χ0) is 26.1. The quantitative estimate of drug-likeness (QED) is 0.359. The first kappa shape index (κ1) is 25.4. The summed E-state index contributed by atoms with van der Waals surface area (Å²) in [5.41, 5.74) is 0.400. The number of hydrogen-bond acceptors (Lipinski definition) is 6. The number of anilines is 2. The highest BCUT2D eigenvalue weighted by Crippen LogP contribution is 2.38. The lowest BCUT2D eigenvalue weighted by Crippen LogP contribution is -2.27. The van der Waals surface area contributed by atoms with E-state index in [2.05, 4.69) is 34.2 Å². The number of amides is 1. The number of hydrogen-bond donors (Lipinski definition) is 1. The molecule has 37 heavy (non-hydrogen) atoms. The van der Waals surface area contributed by atoms with Gasteiger partial charge in [-0.1, -0.05) is 13.8 Å². The van der Waals surface area contributed by atoms with Gasteiger partial charge >= 0.3 is 0 Å². The number of oxazole rings is 1. The summed E-state index contributed by atoms with van der Waals surface area (Å²) in [5.74, 6) is 2.39. The Balaban J connectivity index is 1.31. The van der Waals surface area contributed by atoms with E-state index in [1.165, 1.54) is 31.1 Å². The maximum absolute atomic E-state index is 13.9. The third-order valence-electron chi connectivity index (χ3n) is 7.67. The van der Waals surface area contributed by atoms with Crippen LogP contribution in [0.3, 0.4) is 0 Å². The monoisotopic (exact) mass is 512 g/mol. The molecule has 2 fully saturated rings. The van der Waals surface area contributed by atoms with E-state index in [-0.39, 0.29) is 23.3 Å². The second kappa shape index (κ2) is 10.6. The zero-order valence-electron chi connectivity index (χ0n) is 21.5. The van der Waals surface area contributed by atoms with Crippen LogP contribution in [-0.2, 0) is 0 Å². The lowest BCUT2D eigenvalue weighted by molar-refractivity contribution is 0.0986. The SMILES string of the molecule is CC(C)C1CCC(n2cc(N(C)C(=O)c3coc(-c4ccnc(NCC5CC5)c4)n3)c(C(F)F)n2)CC1. The van der Waals surface area contributed by atoms with Gasteiger partial charge in [0.15, 0.2) is 11.4 Å². The van der Waals surface area contributed by atoms with Crippen molar-refractivity contribution < 1.29 is 18.0 Å². The number of aromatic nitrogens is 4. The molecule has 3 aromatic rings. The smallest absolute Gasteiger partial charge is 0.284 e. The minimum Gasteiger partial charge on any atom is -0.444 e. The highest BCUT2D eigenvalue weighted by Gasteiger charge is 2.30. The average Bonchev–Trinajstić information content (AvgIpc) is 3.40. The van der Waals surface area contributed by atoms with Gasteiger partial charge < -0.3 is 14.6 Å². The molecule has 0 aromatic carbocycles. The molecule has 0 atom stereocenters. The molecule has 0 unspecified atom stereocenters. The standard InChI is InChI=1S/C27H34F2N6O2/c1-16(2)18-6-8-20(9-7-18)35-14-22(24(33-35)25(28)29)34(3)27(36)21-15-37-26(32-21)19-10-11-30-23(12-19)31-13-17-4-5-17/h10-12,14-18,20,25H,4-9,13H2,1-3H3,(H,30,31). The maximum Gasteiger partial charge on any atom is 0.284 e. The van der Waals surface area contributed by atoms with Crippen molar-refractivity contribution in [3.8, 4) is 11.5 Å². The van der Waals surface area contributed by atoms with Crippen LogP contribution < -0.4 is 10.2 Å². The van der Waals surface area contributed by atoms with E-state index < -0.39 is 18.0 Å². The van der Waals surface area contributed by atoms with Crippen molar-refractivity contribution in [3.63, 3.8) is 0 Å². The van der Waals surface area contributed by atoms with Gasteiger partial charge in [-0.15, -0.1) is 0 Å². The van der Waals surface area contributed by atoms with Crippen LogP contribution in [0.15, 0.2) is 35.2 Å². The fourth-order valence-electron chi connectivity index (χ4n) is 5.05. The predicted molar refractivity (Wildman–Crippen MR) is 137 cm³/mol. The molecule has 0 spiro atoms. The Hall–Kier alpha value is -3.30. The van der Waals surface area contributed by atoms with Crippen LogP contribution in [0.1, 0.15) is 81.0 Å². The minimum atomic E-state index is -2.80. The summed E-state index contributed by atoms with van der Waals surface area (Å²) in [7, 11) is 1.46. The zero-order valence-corrected chi connectivity index (χ0v) is 21.5. The first-order valence-electron chi connectivity index (χ1n) is 13.1. The minimum absolute atomic E-state index is 0.0345. The molecule has 10 heteroatoms. The number of carbonyl (C=O) groups excluding carboxylic acids is 1. The van der Waals surface area contributed by atoms with Crippen molar-refractivity contribution in [3.05, 3.63) is 42.2 Å². The molecular formula is C27H34F2N6O2. The Kier molecular flexibility index (Phi) is 7.26. The van der Waals surface area contributed by atoms with Crippen LogP contribution in [0.25, 0.3) is 11.5 Å². The number of halogens is 2. The first-order valence-corrected chi connectivity index (χ1v) is 13.1. The van der Waals surface area contributed by atoms with Crippen LogP contribution in [0, 0.1) is 17.8 Å². The van der Waals surface area contributed by atoms with Crippen LogP contribution >= 0.6 is 0 Å². The highest BCUT2D eigenvalue weighted by atomic mass is 19.3. The molecule has 2 saturated carbocycles. The summed E-state index contributed by atoms with van der Waals surface area (Å²) in [6.07, 6.45) is 8.02. The lowest BCUT2D eigenvalue weighted by Gasteiger charge is -2.31. The molecule has 0 radical (unpaired) electrons. The number of carbonyl (C=O) groups is 1. The largest absolute Gasteiger partial charge is 0.444 e. The first-order chi connectivity index (χ1) is 17.8. The number of rotatable bonds is 9. The third kappa shape index (κ3) is 5.67. The molecule has 2 aliphatic rings. The van der Waals surface area contributed by atoms with Crippen molar-refractivity contribution in [1.82, 2.24) is 19.7 Å². The summed E-state index contributed by atoms with van der Waals surface area (Å²) in [6.45, 7) is 5.32. The Morgan fingerprint density at radius 1 is 1.22 bits per heavy atom. The lowest BCUT2D eigenvalue weighted by atomic mass is 9.80. The Morgan fingerprint density at radius 2 is 1.97 bits per heavy atom. The van der Waals surface area contributed by atoms with Gasteiger partial charge in [-0.2, -0.15) is 5.10 Å². The normalized spacial score (nSPS) is 20.0. The molecule has 1 amide bonds. The van der Waals surface area contributed by atoms with E-state index in [9.17, 15) is 13.6 Å². The van der Waals surface area contributed by atoms with Gasteiger partial charge in [0.25, 0.3) is 12.3 Å². The Labute approximate surface area is 215 Å². The van der Waals surface area contributed by atoms with E-state index in [1.807, 2.05) is 6.07 Å². The van der Waals surface area contributed by atoms with Crippen molar-refractivity contribution in [1.29, 1.82) is 0 Å². The van der Waals surface area contributed by atoms with Crippen LogP contribution in [0.5, 0.6) is 0 Å². The maximum atomic E-state index is 13.9. The second-order valence-corrected chi connectivity index (χ2v) is 10.6. The van der Waals surface area contributed by atoms with Crippen LogP contribution in [-0.4, -0.2) is 39.2 Å². The summed E-state index contributed by atoms with van der Waals surface area (Å²) in [5, 5.41) is 7.52. The average molecular weight is 513 g/mol. The number of alkyl halides is 2. The van der Waals surface area contributed by atoms with E-state index in [0.717, 1.165) is 32.2 Å². The summed E-state index contributed by atoms with van der Waals surface area (Å²) < 4.78 is 35.0. The number of nitrogens with zero attached hydrogens (tertiary/aromatic N) is 5. The van der Waals surface area contributed by atoms with Gasteiger partial charge in [-0.25, -0.2) is 18.7 Å². The fourth-order valence-corrected chi connectivity index (χ4v) is 5.05. The highest BCUT2D eigenvalue weighted by molar-refractivity contribution is 6.04. The van der Waals surface area contributed by atoms with Crippen LogP contribution in [0.4, 0.5) is 20.3 Å². The molecule has 198 valence electrons. The molecule has 0 aliphatic heterocycles. The molecule has 2 aliphatic carbocycles. The molecular weight excluding hydrogens is 478 g/mol. The van der Waals surface area contributed by atoms with Gasteiger partial charge in [-0.3, -0.25) is 9.48 Å². The third-order valence-corrected chi connectivity index (χ3v) is 7.67. The van der Waals surface area contributed by atoms with Gasteiger partial charge in [0.2, 0.25) is 5.89 Å². The van der Waals surface area contributed by atoms with E-state index in [1.54, 1.807) is 23.1 Å². The number of pyridine rings is 1. The van der Waals surface area contributed by atoms with Crippen molar-refractivity contribution in [2.75, 3.05) is 23.8 Å². The molecule has 5 rings (SSSR count). The molecule has 1 N–H and O–H groups in total. The van der Waals surface area contributed by atoms with E-state index in [0.29, 0.717) is 29.1 Å². The predicted octanol–water partition coefficient (Wildman–Crippen LogP) is 6.36. The van der Waals surface area contributed by atoms with Crippen molar-refractivity contribution in [2.45, 2.75) is 64.8 Å². The Morgan fingerprint density at radius 3 is 2.65 bits per heavy atom. The molecule has 3 heterocycles. The Bertz CT molecular complexity index is 1230. The summed E-state index contributed by atoms with van der Waals surface area (Å²) in [4.78, 5) is 23.1. The fraction of sp³-hybridized carbons (Fsp3) is 0.556. The second-order valence-electron chi connectivity index (χ2n) is 10.6. The summed E-state index contributed by atoms with van der Waals surface area (Å²) >= 11 is 0. The van der Waals surface area contributed by atoms with Gasteiger partial charge in [-0.05, 0) is 68.4 Å². The van der Waals surface area contributed by atoms with Gasteiger partial charge in [0.1, 0.15) is 12.1 Å². The number of nitrogens with one attached hydrogen (secondary N) is 1. The van der Waals surface area contributed by atoms with E-state index in [4.69, 9.17) is 4.42 Å². The molecule has 0 saturated heterocycles.